The van der Waals surface area contributed by atoms with Crippen LogP contribution < -0.4 is 0 Å². The van der Waals surface area contributed by atoms with Gasteiger partial charge < -0.3 is 4.90 Å². The van der Waals surface area contributed by atoms with Crippen molar-refractivity contribution in [3.05, 3.63) is 47.0 Å². The molecule has 5 rings (SSSR count). The van der Waals surface area contributed by atoms with Gasteiger partial charge in [0.05, 0.1) is 11.1 Å². The minimum absolute atomic E-state index is 0.0845. The summed E-state index contributed by atoms with van der Waals surface area (Å²) in [6, 6.07) is 6.86. The Morgan fingerprint density at radius 1 is 1.00 bits per heavy atom. The van der Waals surface area contributed by atoms with Gasteiger partial charge in [-0.3, -0.25) is 24.4 Å². The number of carbonyl (C=O) groups excluding carboxylic acids is 3. The van der Waals surface area contributed by atoms with E-state index in [1.54, 1.807) is 24.3 Å². The second-order valence-corrected chi connectivity index (χ2v) is 8.42. The van der Waals surface area contributed by atoms with Gasteiger partial charge in [-0.15, -0.1) is 0 Å². The van der Waals surface area contributed by atoms with E-state index in [4.69, 9.17) is 0 Å². The molecule has 8 heteroatoms. The van der Waals surface area contributed by atoms with Crippen molar-refractivity contribution >= 4 is 17.7 Å². The van der Waals surface area contributed by atoms with Gasteiger partial charge in [-0.1, -0.05) is 12.1 Å². The number of piperidine rings is 1. The summed E-state index contributed by atoms with van der Waals surface area (Å²) in [4.78, 5) is 45.2. The zero-order valence-electron chi connectivity index (χ0n) is 16.8. The fraction of sp³-hybridized carbons (Fsp3) is 0.500. The lowest BCUT2D eigenvalue weighted by Gasteiger charge is -2.31. The third kappa shape index (κ3) is 3.51. The summed E-state index contributed by atoms with van der Waals surface area (Å²) in [6.07, 6.45) is 4.95. The molecule has 1 aromatic carbocycles. The molecule has 3 amide bonds. The second-order valence-electron chi connectivity index (χ2n) is 8.42. The lowest BCUT2D eigenvalue weighted by atomic mass is 9.96. The van der Waals surface area contributed by atoms with Crippen LogP contribution in [0.2, 0.25) is 0 Å². The Kier molecular flexibility index (Phi) is 4.84. The van der Waals surface area contributed by atoms with Crippen molar-refractivity contribution in [1.29, 1.82) is 0 Å². The molecule has 3 aliphatic rings. The minimum atomic E-state index is -0.263. The highest BCUT2D eigenvalue weighted by molar-refractivity contribution is 6.21. The number of rotatable bonds is 6. The highest BCUT2D eigenvalue weighted by Crippen LogP contribution is 2.38. The van der Waals surface area contributed by atoms with Crippen molar-refractivity contribution in [3.8, 4) is 0 Å². The second kappa shape index (κ2) is 7.66. The van der Waals surface area contributed by atoms with Crippen molar-refractivity contribution in [1.82, 2.24) is 25.0 Å². The van der Waals surface area contributed by atoms with E-state index >= 15 is 0 Å². The van der Waals surface area contributed by atoms with Crippen LogP contribution in [0.3, 0.4) is 0 Å². The first-order valence-corrected chi connectivity index (χ1v) is 10.8. The van der Waals surface area contributed by atoms with E-state index in [2.05, 4.69) is 15.2 Å². The molecule has 2 aliphatic heterocycles. The van der Waals surface area contributed by atoms with Gasteiger partial charge in [-0.05, 0) is 44.2 Å². The summed E-state index contributed by atoms with van der Waals surface area (Å²) in [5.74, 6) is 2.32. The number of imide groups is 1. The van der Waals surface area contributed by atoms with Crippen LogP contribution >= 0.6 is 0 Å². The van der Waals surface area contributed by atoms with Crippen LogP contribution in [-0.2, 0) is 4.79 Å². The summed E-state index contributed by atoms with van der Waals surface area (Å²) in [5, 5.41) is 7.42. The number of fused-ring (bicyclic) bond motifs is 1. The SMILES string of the molecule is O=C(CCCN1C(=O)c2ccccc2C1=O)N1CCC(c2nc(C3CC3)n[nH]2)CC1. The van der Waals surface area contributed by atoms with Crippen molar-refractivity contribution < 1.29 is 14.4 Å². The summed E-state index contributed by atoms with van der Waals surface area (Å²) in [7, 11) is 0. The van der Waals surface area contributed by atoms with Crippen LogP contribution in [0.25, 0.3) is 0 Å². The van der Waals surface area contributed by atoms with E-state index in [1.807, 2.05) is 4.90 Å². The predicted octanol–water partition coefficient (Wildman–Crippen LogP) is 2.46. The van der Waals surface area contributed by atoms with Crippen LogP contribution in [0.15, 0.2) is 24.3 Å². The number of nitrogens with zero attached hydrogens (tertiary/aromatic N) is 4. The summed E-state index contributed by atoms with van der Waals surface area (Å²) < 4.78 is 0. The number of nitrogens with one attached hydrogen (secondary N) is 1. The van der Waals surface area contributed by atoms with E-state index in [9.17, 15) is 14.4 Å². The quantitative estimate of drug-likeness (QED) is 0.742. The van der Waals surface area contributed by atoms with Crippen molar-refractivity contribution in [3.63, 3.8) is 0 Å². The maximum absolute atomic E-state index is 12.6. The Balaban J connectivity index is 1.09. The van der Waals surface area contributed by atoms with E-state index in [0.29, 0.717) is 48.9 Å². The molecule has 8 nitrogen and oxygen atoms in total. The molecular formula is C22H25N5O3. The van der Waals surface area contributed by atoms with Crippen molar-refractivity contribution in [2.45, 2.75) is 50.4 Å². The molecule has 0 radical (unpaired) electrons. The monoisotopic (exact) mass is 407 g/mol. The predicted molar refractivity (Wildman–Crippen MR) is 108 cm³/mol. The van der Waals surface area contributed by atoms with Crippen LogP contribution in [0.5, 0.6) is 0 Å². The summed E-state index contributed by atoms with van der Waals surface area (Å²) in [5.41, 5.74) is 0.904. The van der Waals surface area contributed by atoms with E-state index < -0.39 is 0 Å². The van der Waals surface area contributed by atoms with E-state index in [-0.39, 0.29) is 24.3 Å². The number of amides is 3. The molecule has 1 aromatic heterocycles. The first-order chi connectivity index (χ1) is 14.6. The average Bonchev–Trinajstić information content (AvgIpc) is 3.46. The van der Waals surface area contributed by atoms with Crippen LogP contribution in [-0.4, -0.2) is 62.3 Å². The van der Waals surface area contributed by atoms with Gasteiger partial charge in [0.25, 0.3) is 11.8 Å². The third-order valence-corrected chi connectivity index (χ3v) is 6.35. The Bertz CT molecular complexity index is 953. The zero-order valence-corrected chi connectivity index (χ0v) is 16.8. The molecule has 2 fully saturated rings. The van der Waals surface area contributed by atoms with Gasteiger partial charge in [-0.2, -0.15) is 5.10 Å². The molecule has 0 unspecified atom stereocenters. The molecule has 1 saturated carbocycles. The molecule has 3 heterocycles. The van der Waals surface area contributed by atoms with Gasteiger partial charge in [0.15, 0.2) is 5.82 Å². The maximum atomic E-state index is 12.6. The maximum Gasteiger partial charge on any atom is 0.261 e. The molecule has 30 heavy (non-hydrogen) atoms. The van der Waals surface area contributed by atoms with Crippen molar-refractivity contribution in [2.75, 3.05) is 19.6 Å². The number of aromatic amines is 1. The summed E-state index contributed by atoms with van der Waals surface area (Å²) >= 11 is 0. The molecule has 1 N–H and O–H groups in total. The number of benzene rings is 1. The van der Waals surface area contributed by atoms with E-state index in [1.165, 1.54) is 17.7 Å². The Hall–Kier alpha value is -3.03. The third-order valence-electron chi connectivity index (χ3n) is 6.35. The number of hydrogen-bond acceptors (Lipinski definition) is 5. The average molecular weight is 407 g/mol. The fourth-order valence-electron chi connectivity index (χ4n) is 4.39. The highest BCUT2D eigenvalue weighted by Gasteiger charge is 2.35. The van der Waals surface area contributed by atoms with Gasteiger partial charge >= 0.3 is 0 Å². The zero-order chi connectivity index (χ0) is 20.7. The highest BCUT2D eigenvalue weighted by atomic mass is 16.2. The van der Waals surface area contributed by atoms with Crippen molar-refractivity contribution in [2.24, 2.45) is 0 Å². The lowest BCUT2D eigenvalue weighted by Crippen LogP contribution is -2.38. The Labute approximate surface area is 174 Å². The molecule has 1 saturated heterocycles. The lowest BCUT2D eigenvalue weighted by molar-refractivity contribution is -0.132. The minimum Gasteiger partial charge on any atom is -0.343 e. The normalized spacial score (nSPS) is 19.5. The molecule has 2 aromatic rings. The van der Waals surface area contributed by atoms with Crippen LogP contribution in [0, 0.1) is 0 Å². The number of likely N-dealkylation sites (tertiary alicyclic amines) is 1. The topological polar surface area (TPSA) is 99.3 Å². The largest absolute Gasteiger partial charge is 0.343 e. The summed E-state index contributed by atoms with van der Waals surface area (Å²) in [6.45, 7) is 1.68. The molecule has 156 valence electrons. The molecule has 1 aliphatic carbocycles. The Morgan fingerprint density at radius 3 is 2.30 bits per heavy atom. The molecule has 0 bridgehead atoms. The molecule has 0 spiro atoms. The molecular weight excluding hydrogens is 382 g/mol. The van der Waals surface area contributed by atoms with Gasteiger partial charge in [0.1, 0.15) is 5.82 Å². The molecule has 0 atom stereocenters. The van der Waals surface area contributed by atoms with Gasteiger partial charge in [-0.25, -0.2) is 4.98 Å². The first kappa shape index (κ1) is 19.0. The number of carbonyl (C=O) groups is 3. The first-order valence-electron chi connectivity index (χ1n) is 10.8. The van der Waals surface area contributed by atoms with Crippen LogP contribution in [0.4, 0.5) is 0 Å². The number of hydrogen-bond donors (Lipinski definition) is 1. The Morgan fingerprint density at radius 2 is 1.67 bits per heavy atom. The van der Waals surface area contributed by atoms with Gasteiger partial charge in [0.2, 0.25) is 5.91 Å². The van der Waals surface area contributed by atoms with E-state index in [0.717, 1.165) is 24.5 Å². The smallest absolute Gasteiger partial charge is 0.261 e. The number of H-pyrrole nitrogens is 1. The fourth-order valence-corrected chi connectivity index (χ4v) is 4.39. The van der Waals surface area contributed by atoms with Gasteiger partial charge in [0, 0.05) is 37.9 Å². The standard InChI is InChI=1S/C22H25N5O3/c28-18(6-3-11-27-21(29)16-4-1-2-5-17(16)22(27)30)26-12-9-15(10-13-26)20-23-19(24-25-20)14-7-8-14/h1-2,4-5,14-15H,3,6-13H2,(H,23,24,25). The number of aromatic nitrogens is 3. The van der Waals surface area contributed by atoms with Crippen LogP contribution in [0.1, 0.15) is 82.7 Å².